The molecule has 0 saturated heterocycles. The van der Waals surface area contributed by atoms with Gasteiger partial charge in [-0.3, -0.25) is 10.1 Å². The van der Waals surface area contributed by atoms with E-state index >= 15 is 0 Å². The molecule has 2 atom stereocenters. The summed E-state index contributed by atoms with van der Waals surface area (Å²) in [6.45, 7) is 11.2. The predicted molar refractivity (Wildman–Crippen MR) is 97.7 cm³/mol. The number of hydrogen-bond acceptors (Lipinski definition) is 5. The molecule has 0 unspecified atom stereocenters. The summed E-state index contributed by atoms with van der Waals surface area (Å²) in [6, 6.07) is 6.43. The third-order valence-corrected chi connectivity index (χ3v) is 3.72. The van der Waals surface area contributed by atoms with Gasteiger partial charge in [0.05, 0.1) is 0 Å². The molecule has 3 N–H and O–H groups in total. The van der Waals surface area contributed by atoms with E-state index in [0.717, 1.165) is 5.56 Å². The van der Waals surface area contributed by atoms with E-state index < -0.39 is 30.1 Å². The van der Waals surface area contributed by atoms with Gasteiger partial charge in [-0.25, -0.2) is 9.59 Å². The molecule has 0 fully saturated rings. The molecule has 26 heavy (non-hydrogen) atoms. The van der Waals surface area contributed by atoms with Gasteiger partial charge >= 0.3 is 12.0 Å². The van der Waals surface area contributed by atoms with Crippen LogP contribution in [-0.4, -0.2) is 30.1 Å². The van der Waals surface area contributed by atoms with Gasteiger partial charge in [0.2, 0.25) is 0 Å². The number of imide groups is 1. The molecule has 144 valence electrons. The molecule has 0 aromatic heterocycles. The monoisotopic (exact) mass is 364 g/mol. The van der Waals surface area contributed by atoms with Gasteiger partial charge in [-0.15, -0.1) is 0 Å². The zero-order chi connectivity index (χ0) is 20.1. The minimum Gasteiger partial charge on any atom is -0.479 e. The number of esters is 1. The fraction of sp³-hybridized carbons (Fsp3) is 0.526. The first kappa shape index (κ1) is 21.5. The van der Waals surface area contributed by atoms with Crippen LogP contribution in [0.2, 0.25) is 0 Å². The quantitative estimate of drug-likeness (QED) is 0.754. The van der Waals surface area contributed by atoms with E-state index in [4.69, 9.17) is 15.2 Å². The highest BCUT2D eigenvalue weighted by atomic mass is 16.6. The maximum Gasteiger partial charge on any atom is 0.347 e. The second-order valence-electron chi connectivity index (χ2n) is 7.49. The maximum atomic E-state index is 12.2. The fourth-order valence-corrected chi connectivity index (χ4v) is 2.19. The molecule has 0 aliphatic rings. The Morgan fingerprint density at radius 1 is 1.04 bits per heavy atom. The van der Waals surface area contributed by atoms with Crippen LogP contribution in [-0.2, 0) is 19.7 Å². The molecule has 0 radical (unpaired) electrons. The highest BCUT2D eigenvalue weighted by Gasteiger charge is 2.30. The Balaban J connectivity index is 2.73. The van der Waals surface area contributed by atoms with Crippen LogP contribution in [0.3, 0.4) is 0 Å². The van der Waals surface area contributed by atoms with Gasteiger partial charge in [-0.1, -0.05) is 46.8 Å². The lowest BCUT2D eigenvalue weighted by atomic mass is 9.87. The summed E-state index contributed by atoms with van der Waals surface area (Å²) >= 11 is 0. The summed E-state index contributed by atoms with van der Waals surface area (Å²) in [5.74, 6) is -1.28. The Morgan fingerprint density at radius 3 is 2.00 bits per heavy atom. The number of carbonyl (C=O) groups excluding carboxylic acids is 3. The largest absolute Gasteiger partial charge is 0.479 e. The average molecular weight is 364 g/mol. The Kier molecular flexibility index (Phi) is 7.18. The van der Waals surface area contributed by atoms with Crippen LogP contribution in [0.15, 0.2) is 24.3 Å². The zero-order valence-electron chi connectivity index (χ0n) is 16.2. The molecule has 0 heterocycles. The van der Waals surface area contributed by atoms with Crippen molar-refractivity contribution in [2.45, 2.75) is 59.2 Å². The summed E-state index contributed by atoms with van der Waals surface area (Å²) in [7, 11) is 0. The van der Waals surface area contributed by atoms with Crippen LogP contribution in [0.25, 0.3) is 0 Å². The molecule has 0 spiro atoms. The lowest BCUT2D eigenvalue weighted by molar-refractivity contribution is -0.164. The molecule has 0 saturated carbocycles. The van der Waals surface area contributed by atoms with Gasteiger partial charge < -0.3 is 15.2 Å². The first-order chi connectivity index (χ1) is 11.9. The summed E-state index contributed by atoms with van der Waals surface area (Å²) in [5, 5.41) is 1.92. The predicted octanol–water partition coefficient (Wildman–Crippen LogP) is 2.51. The van der Waals surface area contributed by atoms with Crippen molar-refractivity contribution < 1.29 is 23.9 Å². The lowest BCUT2D eigenvalue weighted by Crippen LogP contribution is -2.46. The molecule has 0 aliphatic carbocycles. The van der Waals surface area contributed by atoms with Crippen molar-refractivity contribution in [2.24, 2.45) is 11.7 Å². The van der Waals surface area contributed by atoms with Crippen LogP contribution in [0.1, 0.15) is 47.1 Å². The molecule has 7 heteroatoms. The molecular formula is C19H28N2O5. The summed E-state index contributed by atoms with van der Waals surface area (Å²) in [6.07, 6.45) is -2.05. The Morgan fingerprint density at radius 2 is 1.58 bits per heavy atom. The molecule has 1 aromatic rings. The van der Waals surface area contributed by atoms with Crippen molar-refractivity contribution >= 4 is 17.9 Å². The van der Waals surface area contributed by atoms with Crippen molar-refractivity contribution in [3.05, 3.63) is 29.8 Å². The molecule has 3 amide bonds. The van der Waals surface area contributed by atoms with E-state index in [-0.39, 0.29) is 11.3 Å². The number of primary amides is 1. The summed E-state index contributed by atoms with van der Waals surface area (Å²) in [5.41, 5.74) is 6.09. The Bertz CT molecular complexity index is 647. The van der Waals surface area contributed by atoms with E-state index in [9.17, 15) is 14.4 Å². The Hall–Kier alpha value is -2.57. The number of carbonyl (C=O) groups is 3. The van der Waals surface area contributed by atoms with Crippen LogP contribution >= 0.6 is 0 Å². The minimum atomic E-state index is -1.13. The fourth-order valence-electron chi connectivity index (χ4n) is 2.19. The number of benzene rings is 1. The first-order valence-corrected chi connectivity index (χ1v) is 8.49. The van der Waals surface area contributed by atoms with Crippen LogP contribution < -0.4 is 15.8 Å². The minimum absolute atomic E-state index is 0.0152. The van der Waals surface area contributed by atoms with E-state index in [1.54, 1.807) is 26.0 Å². The van der Waals surface area contributed by atoms with Crippen molar-refractivity contribution in [3.8, 4) is 5.75 Å². The van der Waals surface area contributed by atoms with E-state index in [1.165, 1.54) is 6.92 Å². The lowest BCUT2D eigenvalue weighted by Gasteiger charge is -2.23. The summed E-state index contributed by atoms with van der Waals surface area (Å²) < 4.78 is 10.8. The molecular weight excluding hydrogens is 336 g/mol. The van der Waals surface area contributed by atoms with E-state index in [1.807, 2.05) is 17.4 Å². The Labute approximate surface area is 154 Å². The van der Waals surface area contributed by atoms with Gasteiger partial charge in [-0.05, 0) is 36.0 Å². The highest BCUT2D eigenvalue weighted by Crippen LogP contribution is 2.24. The van der Waals surface area contributed by atoms with Gasteiger partial charge in [0.1, 0.15) is 5.75 Å². The second-order valence-corrected chi connectivity index (χ2v) is 7.49. The zero-order valence-corrected chi connectivity index (χ0v) is 16.2. The molecule has 0 aliphatic heterocycles. The van der Waals surface area contributed by atoms with Gasteiger partial charge in [0, 0.05) is 0 Å². The number of hydrogen-bond donors (Lipinski definition) is 2. The van der Waals surface area contributed by atoms with Crippen molar-refractivity contribution in [3.63, 3.8) is 0 Å². The van der Waals surface area contributed by atoms with Gasteiger partial charge in [0.25, 0.3) is 5.91 Å². The van der Waals surface area contributed by atoms with Crippen molar-refractivity contribution in [1.82, 2.24) is 5.32 Å². The first-order valence-electron chi connectivity index (χ1n) is 8.49. The maximum absolute atomic E-state index is 12.2. The topological polar surface area (TPSA) is 108 Å². The SMILES string of the molecule is CC(C)[C@@H](OC(=O)[C@H](C)Oc1ccc(C(C)(C)C)cc1)C(=O)NC(N)=O. The van der Waals surface area contributed by atoms with Crippen LogP contribution in [0.5, 0.6) is 5.75 Å². The number of ether oxygens (including phenoxy) is 2. The number of rotatable bonds is 6. The van der Waals surface area contributed by atoms with Crippen molar-refractivity contribution in [1.29, 1.82) is 0 Å². The third-order valence-electron chi connectivity index (χ3n) is 3.72. The molecule has 0 bridgehead atoms. The number of nitrogens with two attached hydrogens (primary N) is 1. The van der Waals surface area contributed by atoms with E-state index in [0.29, 0.717) is 5.75 Å². The summed E-state index contributed by atoms with van der Waals surface area (Å²) in [4.78, 5) is 35.0. The average Bonchev–Trinajstić information content (AvgIpc) is 2.50. The standard InChI is InChI=1S/C19H28N2O5/c1-11(2)15(16(22)21-18(20)24)26-17(23)12(3)25-14-9-7-13(8-10-14)19(4,5)6/h7-12,15H,1-6H3,(H3,20,21,22,24)/t12-,15+/m0/s1. The van der Waals surface area contributed by atoms with Crippen molar-refractivity contribution in [2.75, 3.05) is 0 Å². The van der Waals surface area contributed by atoms with Crippen LogP contribution in [0, 0.1) is 5.92 Å². The number of urea groups is 1. The normalized spacial score (nSPS) is 13.7. The highest BCUT2D eigenvalue weighted by molar-refractivity contribution is 5.96. The molecule has 1 aromatic carbocycles. The molecule has 7 nitrogen and oxygen atoms in total. The van der Waals surface area contributed by atoms with Gasteiger partial charge in [0.15, 0.2) is 12.2 Å². The third kappa shape index (κ3) is 6.38. The number of nitrogens with one attached hydrogen (secondary N) is 1. The number of amides is 3. The van der Waals surface area contributed by atoms with Crippen LogP contribution in [0.4, 0.5) is 4.79 Å². The van der Waals surface area contributed by atoms with E-state index in [2.05, 4.69) is 20.8 Å². The smallest absolute Gasteiger partial charge is 0.347 e. The molecule has 1 rings (SSSR count). The second kappa shape index (κ2) is 8.69. The van der Waals surface area contributed by atoms with Gasteiger partial charge in [-0.2, -0.15) is 0 Å².